The third-order valence-electron chi connectivity index (χ3n) is 18.9. The third-order valence-corrected chi connectivity index (χ3v) is 18.9. The summed E-state index contributed by atoms with van der Waals surface area (Å²) in [5.74, 6) is -0.0501. The predicted molar refractivity (Wildman–Crippen MR) is 389 cm³/mol. The second-order valence-corrected chi connectivity index (χ2v) is 27.7. The van der Waals surface area contributed by atoms with Gasteiger partial charge in [0.15, 0.2) is 0 Å². The van der Waals surface area contributed by atoms with Gasteiger partial charge in [-0.05, 0) is 83.5 Å². The molecule has 0 saturated heterocycles. The Hall–Kier alpha value is -1.92. The fourth-order valence-electron chi connectivity index (χ4n) is 12.7. The summed E-state index contributed by atoms with van der Waals surface area (Å²) in [6, 6.07) is -0.628. The highest BCUT2D eigenvalue weighted by molar-refractivity contribution is 5.76. The lowest BCUT2D eigenvalue weighted by molar-refractivity contribution is -0.143. The highest BCUT2D eigenvalue weighted by Gasteiger charge is 2.18. The summed E-state index contributed by atoms with van der Waals surface area (Å²) < 4.78 is 5.50. The van der Waals surface area contributed by atoms with E-state index in [4.69, 9.17) is 4.74 Å². The predicted octanol–water partition coefficient (Wildman–Crippen LogP) is 26.6. The number of esters is 1. The Labute approximate surface area is 551 Å². The Morgan fingerprint density at radius 3 is 0.807 bits per heavy atom. The lowest BCUT2D eigenvalue weighted by atomic mass is 10.0. The van der Waals surface area contributed by atoms with Gasteiger partial charge in [0.1, 0.15) is 0 Å². The molecule has 6 heteroatoms. The van der Waals surface area contributed by atoms with E-state index in [-0.39, 0.29) is 18.5 Å². The Morgan fingerprint density at radius 1 is 0.307 bits per heavy atom. The molecule has 0 fully saturated rings. The fourth-order valence-corrected chi connectivity index (χ4v) is 12.7. The van der Waals surface area contributed by atoms with Crippen LogP contribution in [-0.4, -0.2) is 47.4 Å². The fraction of sp³-hybridized carbons (Fsp3) is 0.902. The number of rotatable bonds is 76. The summed E-state index contributed by atoms with van der Waals surface area (Å²) in [7, 11) is 0. The van der Waals surface area contributed by atoms with E-state index in [1.165, 1.54) is 379 Å². The molecular weight excluding hydrogens is 1080 g/mol. The lowest BCUT2D eigenvalue weighted by Gasteiger charge is -2.20. The molecule has 2 atom stereocenters. The molecule has 88 heavy (non-hydrogen) atoms. The molecule has 0 saturated carbocycles. The van der Waals surface area contributed by atoms with Crippen LogP contribution in [0.15, 0.2) is 36.5 Å². The molecule has 0 aliphatic rings. The Morgan fingerprint density at radius 2 is 0.534 bits per heavy atom. The van der Waals surface area contributed by atoms with Crippen LogP contribution in [0.5, 0.6) is 0 Å². The van der Waals surface area contributed by atoms with Gasteiger partial charge in [-0.2, -0.15) is 0 Å². The minimum atomic E-state index is -0.845. The van der Waals surface area contributed by atoms with Crippen molar-refractivity contribution in [2.45, 2.75) is 463 Å². The average Bonchev–Trinajstić information content (AvgIpc) is 3.57. The number of nitrogens with one attached hydrogen (secondary N) is 1. The van der Waals surface area contributed by atoms with Crippen molar-refractivity contribution in [1.29, 1.82) is 0 Å². The number of ether oxygens (including phenoxy) is 1. The molecule has 1 amide bonds. The smallest absolute Gasteiger partial charge is 0.305 e. The van der Waals surface area contributed by atoms with Gasteiger partial charge >= 0.3 is 5.97 Å². The van der Waals surface area contributed by atoms with Crippen LogP contribution in [0.1, 0.15) is 450 Å². The quantitative estimate of drug-likeness (QED) is 0.0320. The SMILES string of the molecule is CCCCCCCCC/C=C\CCCCCCCC(=O)OCCCCCCCCCCCCCC/C=C\CCCCCCCCCCCCCCCCCC(=O)NC(CO)C(O)/C=C/CCCCCCCCCCCCCCCCCCCCCCCC. The molecule has 0 bridgehead atoms. The van der Waals surface area contributed by atoms with Crippen molar-refractivity contribution < 1.29 is 24.5 Å². The minimum Gasteiger partial charge on any atom is -0.466 e. The van der Waals surface area contributed by atoms with Crippen molar-refractivity contribution in [1.82, 2.24) is 5.32 Å². The van der Waals surface area contributed by atoms with Crippen LogP contribution in [-0.2, 0) is 14.3 Å². The molecular formula is C82H157NO5. The van der Waals surface area contributed by atoms with Crippen molar-refractivity contribution in [2.75, 3.05) is 13.2 Å². The monoisotopic (exact) mass is 1240 g/mol. The minimum absolute atomic E-state index is 0.0108. The van der Waals surface area contributed by atoms with Gasteiger partial charge in [-0.25, -0.2) is 0 Å². The van der Waals surface area contributed by atoms with Gasteiger partial charge in [-0.15, -0.1) is 0 Å². The normalized spacial score (nSPS) is 12.6. The summed E-state index contributed by atoms with van der Waals surface area (Å²) in [6.45, 7) is 4.95. The van der Waals surface area contributed by atoms with Gasteiger partial charge in [0.05, 0.1) is 25.4 Å². The van der Waals surface area contributed by atoms with Crippen LogP contribution >= 0.6 is 0 Å². The van der Waals surface area contributed by atoms with Crippen LogP contribution in [0.2, 0.25) is 0 Å². The van der Waals surface area contributed by atoms with Gasteiger partial charge in [0.2, 0.25) is 5.91 Å². The molecule has 0 rings (SSSR count). The second kappa shape index (κ2) is 77.5. The van der Waals surface area contributed by atoms with E-state index >= 15 is 0 Å². The van der Waals surface area contributed by atoms with Crippen LogP contribution in [0.25, 0.3) is 0 Å². The highest BCUT2D eigenvalue weighted by Crippen LogP contribution is 2.20. The summed E-state index contributed by atoms with van der Waals surface area (Å²) in [4.78, 5) is 24.7. The van der Waals surface area contributed by atoms with Crippen molar-refractivity contribution in [2.24, 2.45) is 0 Å². The molecule has 6 nitrogen and oxygen atoms in total. The number of hydrogen-bond acceptors (Lipinski definition) is 5. The number of carbonyl (C=O) groups excluding carboxylic acids is 2. The van der Waals surface area contributed by atoms with Gasteiger partial charge in [0, 0.05) is 12.8 Å². The number of hydrogen-bond donors (Lipinski definition) is 3. The van der Waals surface area contributed by atoms with E-state index in [0.717, 1.165) is 44.9 Å². The first-order valence-electron chi connectivity index (χ1n) is 40.3. The average molecular weight is 1240 g/mol. The first kappa shape index (κ1) is 86.1. The van der Waals surface area contributed by atoms with Crippen molar-refractivity contribution in [3.63, 3.8) is 0 Å². The molecule has 0 radical (unpaired) electrons. The van der Waals surface area contributed by atoms with Crippen LogP contribution in [0.3, 0.4) is 0 Å². The number of carbonyl (C=O) groups is 2. The third kappa shape index (κ3) is 73.1. The standard InChI is InChI=1S/C82H157NO5/c1-3-5-7-9-11-13-15-17-19-21-22-23-24-34-37-40-43-46-50-54-58-62-66-70-74-80(85)79(78-84)83-81(86)75-71-67-63-59-55-51-47-44-41-38-35-32-30-28-26-25-27-29-31-33-36-39-42-45-49-53-57-61-65-69-73-77-88-82(87)76-72-68-64-60-56-52-48-20-18-16-14-12-10-8-6-4-2/h20,27,29,48,70,74,79-80,84-85H,3-19,21-26,28,30-47,49-69,71-73,75-78H2,1-2H3,(H,83,86)/b29-27-,48-20-,74-70+. The summed E-state index contributed by atoms with van der Waals surface area (Å²) in [5, 5.41) is 23.3. The molecule has 0 aromatic heterocycles. The summed E-state index contributed by atoms with van der Waals surface area (Å²) >= 11 is 0. The zero-order valence-electron chi connectivity index (χ0n) is 59.7. The molecule has 520 valence electrons. The van der Waals surface area contributed by atoms with Gasteiger partial charge in [-0.1, -0.05) is 391 Å². The van der Waals surface area contributed by atoms with E-state index in [0.29, 0.717) is 19.4 Å². The molecule has 0 aliphatic carbocycles. The van der Waals surface area contributed by atoms with Gasteiger partial charge in [-0.3, -0.25) is 9.59 Å². The molecule has 0 aromatic carbocycles. The number of allylic oxidation sites excluding steroid dienone is 5. The molecule has 0 aliphatic heterocycles. The summed E-state index contributed by atoms with van der Waals surface area (Å²) in [5.41, 5.74) is 0. The van der Waals surface area contributed by atoms with Crippen LogP contribution in [0, 0.1) is 0 Å². The summed E-state index contributed by atoms with van der Waals surface area (Å²) in [6.07, 6.45) is 101. The Bertz CT molecular complexity index is 1430. The first-order valence-corrected chi connectivity index (χ1v) is 40.3. The maximum Gasteiger partial charge on any atom is 0.305 e. The molecule has 0 aromatic rings. The highest BCUT2D eigenvalue weighted by atomic mass is 16.5. The number of aliphatic hydroxyl groups is 2. The number of aliphatic hydroxyl groups excluding tert-OH is 2. The molecule has 0 spiro atoms. The topological polar surface area (TPSA) is 95.9 Å². The first-order chi connectivity index (χ1) is 43.5. The maximum atomic E-state index is 12.6. The molecule has 3 N–H and O–H groups in total. The van der Waals surface area contributed by atoms with Gasteiger partial charge in [0.25, 0.3) is 0 Å². The number of amides is 1. The maximum absolute atomic E-state index is 12.6. The zero-order chi connectivity index (χ0) is 63.5. The van der Waals surface area contributed by atoms with Crippen molar-refractivity contribution in [3.05, 3.63) is 36.5 Å². The van der Waals surface area contributed by atoms with Gasteiger partial charge < -0.3 is 20.3 Å². The van der Waals surface area contributed by atoms with Crippen molar-refractivity contribution >= 4 is 11.9 Å². The van der Waals surface area contributed by atoms with E-state index < -0.39 is 12.1 Å². The molecule has 2 unspecified atom stereocenters. The molecule has 0 heterocycles. The second-order valence-electron chi connectivity index (χ2n) is 27.7. The van der Waals surface area contributed by atoms with Crippen molar-refractivity contribution in [3.8, 4) is 0 Å². The Balaban J connectivity index is 3.38. The van der Waals surface area contributed by atoms with Crippen LogP contribution < -0.4 is 5.32 Å². The Kier molecular flexibility index (Phi) is 75.8. The van der Waals surface area contributed by atoms with E-state index in [9.17, 15) is 19.8 Å². The van der Waals surface area contributed by atoms with E-state index in [1.54, 1.807) is 6.08 Å². The lowest BCUT2D eigenvalue weighted by Crippen LogP contribution is -2.45. The largest absolute Gasteiger partial charge is 0.466 e. The van der Waals surface area contributed by atoms with E-state index in [2.05, 4.69) is 43.5 Å². The zero-order valence-corrected chi connectivity index (χ0v) is 59.7. The number of unbranched alkanes of at least 4 members (excludes halogenated alkanes) is 61. The van der Waals surface area contributed by atoms with E-state index in [1.807, 2.05) is 6.08 Å². The van der Waals surface area contributed by atoms with Crippen LogP contribution in [0.4, 0.5) is 0 Å².